The second-order valence-electron chi connectivity index (χ2n) is 6.04. The number of hydrogen-bond acceptors (Lipinski definition) is 4. The van der Waals surface area contributed by atoms with E-state index in [4.69, 9.17) is 10.5 Å². The van der Waals surface area contributed by atoms with Crippen LogP contribution in [0.3, 0.4) is 0 Å². The summed E-state index contributed by atoms with van der Waals surface area (Å²) < 4.78 is 5.73. The van der Waals surface area contributed by atoms with Crippen molar-refractivity contribution in [1.29, 1.82) is 0 Å². The van der Waals surface area contributed by atoms with Gasteiger partial charge in [0, 0.05) is 37.4 Å². The Morgan fingerprint density at radius 1 is 1.35 bits per heavy atom. The number of nitrogens with two attached hydrogens (primary N) is 1. The van der Waals surface area contributed by atoms with Crippen LogP contribution in [0.4, 0.5) is 5.69 Å². The van der Waals surface area contributed by atoms with Gasteiger partial charge in [0.2, 0.25) is 0 Å². The van der Waals surface area contributed by atoms with Gasteiger partial charge in [-0.25, -0.2) is 0 Å². The van der Waals surface area contributed by atoms with Crippen molar-refractivity contribution in [1.82, 2.24) is 9.80 Å². The van der Waals surface area contributed by atoms with Crippen LogP contribution < -0.4 is 10.5 Å². The predicted octanol–water partition coefficient (Wildman–Crippen LogP) is 1.92. The molecule has 4 nitrogen and oxygen atoms in total. The van der Waals surface area contributed by atoms with E-state index < -0.39 is 0 Å². The molecule has 112 valence electrons. The molecular weight excluding hydrogens is 250 g/mol. The molecule has 0 spiro atoms. The molecule has 1 aromatic carbocycles. The zero-order chi connectivity index (χ0) is 14.5. The standard InChI is InChI=1S/C16H27N3O/c1-13-11-19(12-16(13)18(2)3)8-5-9-20-15-7-4-6-14(17)10-15/h4,6-7,10,13,16H,5,8-9,11-12,17H2,1-3H3. The van der Waals surface area contributed by atoms with Crippen molar-refractivity contribution in [3.8, 4) is 5.75 Å². The molecule has 0 aliphatic carbocycles. The molecule has 1 aliphatic heterocycles. The lowest BCUT2D eigenvalue weighted by molar-refractivity contribution is 0.238. The van der Waals surface area contributed by atoms with E-state index in [0.717, 1.165) is 36.9 Å². The molecule has 1 heterocycles. The molecule has 4 heteroatoms. The summed E-state index contributed by atoms with van der Waals surface area (Å²) in [5, 5.41) is 0. The van der Waals surface area contributed by atoms with Crippen molar-refractivity contribution in [2.45, 2.75) is 19.4 Å². The summed E-state index contributed by atoms with van der Waals surface area (Å²) in [5.41, 5.74) is 6.48. The second-order valence-corrected chi connectivity index (χ2v) is 6.04. The average molecular weight is 277 g/mol. The maximum Gasteiger partial charge on any atom is 0.121 e. The number of nitrogens with zero attached hydrogens (tertiary/aromatic N) is 2. The zero-order valence-electron chi connectivity index (χ0n) is 12.9. The van der Waals surface area contributed by atoms with Gasteiger partial charge in [0.25, 0.3) is 0 Å². The first-order valence-electron chi connectivity index (χ1n) is 7.43. The number of anilines is 1. The largest absolute Gasteiger partial charge is 0.493 e. The highest BCUT2D eigenvalue weighted by Gasteiger charge is 2.30. The van der Waals surface area contributed by atoms with Crippen LogP contribution >= 0.6 is 0 Å². The lowest BCUT2D eigenvalue weighted by Gasteiger charge is -2.22. The topological polar surface area (TPSA) is 41.7 Å². The molecular formula is C16H27N3O. The quantitative estimate of drug-likeness (QED) is 0.637. The number of likely N-dealkylation sites (tertiary alicyclic amines) is 1. The Morgan fingerprint density at radius 3 is 2.80 bits per heavy atom. The molecule has 2 atom stereocenters. The zero-order valence-corrected chi connectivity index (χ0v) is 12.9. The number of rotatable bonds is 6. The van der Waals surface area contributed by atoms with Crippen LogP contribution in [0.1, 0.15) is 13.3 Å². The summed E-state index contributed by atoms with van der Waals surface area (Å²) in [7, 11) is 4.35. The number of benzene rings is 1. The van der Waals surface area contributed by atoms with Gasteiger partial charge in [-0.15, -0.1) is 0 Å². The van der Waals surface area contributed by atoms with Gasteiger partial charge < -0.3 is 20.3 Å². The minimum absolute atomic E-state index is 0.685. The highest BCUT2D eigenvalue weighted by atomic mass is 16.5. The molecule has 1 saturated heterocycles. The molecule has 1 aliphatic rings. The van der Waals surface area contributed by atoms with Crippen LogP contribution in [-0.4, -0.2) is 56.2 Å². The van der Waals surface area contributed by atoms with Crippen LogP contribution in [0.2, 0.25) is 0 Å². The van der Waals surface area contributed by atoms with Crippen molar-refractivity contribution in [2.75, 3.05) is 46.1 Å². The monoisotopic (exact) mass is 277 g/mol. The normalized spacial score (nSPS) is 23.4. The van der Waals surface area contributed by atoms with Gasteiger partial charge in [0.15, 0.2) is 0 Å². The fourth-order valence-electron chi connectivity index (χ4n) is 2.99. The summed E-state index contributed by atoms with van der Waals surface area (Å²) in [5.74, 6) is 1.62. The van der Waals surface area contributed by atoms with E-state index in [0.29, 0.717) is 6.04 Å². The van der Waals surface area contributed by atoms with Crippen molar-refractivity contribution >= 4 is 5.69 Å². The Labute approximate surface area is 122 Å². The Morgan fingerprint density at radius 2 is 2.15 bits per heavy atom. The molecule has 2 N–H and O–H groups in total. The average Bonchev–Trinajstić information content (AvgIpc) is 2.76. The number of likely N-dealkylation sites (N-methyl/N-ethyl adjacent to an activating group) is 1. The Kier molecular flexibility index (Phi) is 5.26. The number of nitrogen functional groups attached to an aromatic ring is 1. The van der Waals surface area contributed by atoms with E-state index in [1.807, 2.05) is 24.3 Å². The minimum Gasteiger partial charge on any atom is -0.493 e. The van der Waals surface area contributed by atoms with Crippen LogP contribution in [0, 0.1) is 5.92 Å². The van der Waals surface area contributed by atoms with E-state index >= 15 is 0 Å². The minimum atomic E-state index is 0.685. The van der Waals surface area contributed by atoms with Gasteiger partial charge >= 0.3 is 0 Å². The lowest BCUT2D eigenvalue weighted by Crippen LogP contribution is -2.34. The van der Waals surface area contributed by atoms with Gasteiger partial charge in [0.1, 0.15) is 5.75 Å². The summed E-state index contributed by atoms with van der Waals surface area (Å²) in [6.07, 6.45) is 1.06. The molecule has 0 amide bonds. The molecule has 1 aromatic rings. The molecule has 0 radical (unpaired) electrons. The predicted molar refractivity (Wildman–Crippen MR) is 84.0 cm³/mol. The first-order chi connectivity index (χ1) is 9.56. The van der Waals surface area contributed by atoms with Crippen molar-refractivity contribution in [3.63, 3.8) is 0 Å². The third-order valence-electron chi connectivity index (χ3n) is 4.06. The van der Waals surface area contributed by atoms with E-state index in [-0.39, 0.29) is 0 Å². The van der Waals surface area contributed by atoms with Gasteiger partial charge in [-0.2, -0.15) is 0 Å². The summed E-state index contributed by atoms with van der Waals surface area (Å²) in [6.45, 7) is 6.57. The van der Waals surface area contributed by atoms with E-state index in [1.54, 1.807) is 0 Å². The molecule has 0 saturated carbocycles. The Hall–Kier alpha value is -1.26. The molecule has 2 rings (SSSR count). The number of ether oxygens (including phenoxy) is 1. The number of hydrogen-bond donors (Lipinski definition) is 1. The van der Waals surface area contributed by atoms with Crippen molar-refractivity contribution in [2.24, 2.45) is 5.92 Å². The molecule has 1 fully saturated rings. The Balaban J connectivity index is 1.67. The second kappa shape index (κ2) is 6.95. The molecule has 0 bridgehead atoms. The third-order valence-corrected chi connectivity index (χ3v) is 4.06. The maximum absolute atomic E-state index is 5.73. The van der Waals surface area contributed by atoms with E-state index in [9.17, 15) is 0 Å². The first-order valence-corrected chi connectivity index (χ1v) is 7.43. The highest BCUT2D eigenvalue weighted by molar-refractivity contribution is 5.43. The SMILES string of the molecule is CC1CN(CCCOc2cccc(N)c2)CC1N(C)C. The van der Waals surface area contributed by atoms with Crippen molar-refractivity contribution < 1.29 is 4.74 Å². The maximum atomic E-state index is 5.73. The van der Waals surface area contributed by atoms with Gasteiger partial charge in [0.05, 0.1) is 6.61 Å². The smallest absolute Gasteiger partial charge is 0.121 e. The van der Waals surface area contributed by atoms with Crippen LogP contribution in [0.5, 0.6) is 5.75 Å². The fraction of sp³-hybridized carbons (Fsp3) is 0.625. The summed E-state index contributed by atoms with van der Waals surface area (Å²) in [4.78, 5) is 4.88. The van der Waals surface area contributed by atoms with Gasteiger partial charge in [-0.1, -0.05) is 13.0 Å². The summed E-state index contributed by atoms with van der Waals surface area (Å²) >= 11 is 0. The van der Waals surface area contributed by atoms with Gasteiger partial charge in [-0.05, 0) is 38.6 Å². The van der Waals surface area contributed by atoms with Crippen LogP contribution in [-0.2, 0) is 0 Å². The fourth-order valence-corrected chi connectivity index (χ4v) is 2.99. The first kappa shape index (κ1) is 15.1. The van der Waals surface area contributed by atoms with Gasteiger partial charge in [-0.3, -0.25) is 0 Å². The van der Waals surface area contributed by atoms with Crippen LogP contribution in [0.25, 0.3) is 0 Å². The summed E-state index contributed by atoms with van der Waals surface area (Å²) in [6, 6.07) is 8.31. The molecule has 20 heavy (non-hydrogen) atoms. The third kappa shape index (κ3) is 4.12. The van der Waals surface area contributed by atoms with E-state index in [1.165, 1.54) is 13.1 Å². The van der Waals surface area contributed by atoms with Crippen molar-refractivity contribution in [3.05, 3.63) is 24.3 Å². The Bertz CT molecular complexity index is 422. The van der Waals surface area contributed by atoms with E-state index in [2.05, 4.69) is 30.8 Å². The van der Waals surface area contributed by atoms with Crippen LogP contribution in [0.15, 0.2) is 24.3 Å². The molecule has 2 unspecified atom stereocenters. The highest BCUT2D eigenvalue weighted by Crippen LogP contribution is 2.20. The lowest BCUT2D eigenvalue weighted by atomic mass is 10.1. The molecule has 0 aromatic heterocycles.